The highest BCUT2D eigenvalue weighted by molar-refractivity contribution is 5.85. The maximum absolute atomic E-state index is 6.15. The minimum atomic E-state index is 0. The van der Waals surface area contributed by atoms with Crippen molar-refractivity contribution in [1.82, 2.24) is 4.90 Å². The Balaban J connectivity index is 0.00000242. The van der Waals surface area contributed by atoms with Gasteiger partial charge in [-0.25, -0.2) is 0 Å². The first-order valence-electron chi connectivity index (χ1n) is 7.81. The van der Waals surface area contributed by atoms with E-state index in [1.165, 1.54) is 0 Å². The zero-order valence-electron chi connectivity index (χ0n) is 13.7. The van der Waals surface area contributed by atoms with Crippen molar-refractivity contribution >= 4 is 12.4 Å². The van der Waals surface area contributed by atoms with Gasteiger partial charge in [-0.2, -0.15) is 0 Å². The van der Waals surface area contributed by atoms with E-state index in [2.05, 4.69) is 18.7 Å². The molecule has 0 saturated carbocycles. The number of nitrogens with two attached hydrogens (primary N) is 1. The van der Waals surface area contributed by atoms with Crippen LogP contribution in [0.5, 0.6) is 5.75 Å². The number of hydrogen-bond donors (Lipinski definition) is 1. The van der Waals surface area contributed by atoms with Gasteiger partial charge in [-0.3, -0.25) is 0 Å². The van der Waals surface area contributed by atoms with Gasteiger partial charge in [0.15, 0.2) is 0 Å². The summed E-state index contributed by atoms with van der Waals surface area (Å²) < 4.78 is 11.2. The van der Waals surface area contributed by atoms with Gasteiger partial charge in [0, 0.05) is 19.1 Å². The Hall–Kier alpha value is -0.810. The minimum absolute atomic E-state index is 0. The van der Waals surface area contributed by atoms with Crippen molar-refractivity contribution in [3.8, 4) is 5.75 Å². The van der Waals surface area contributed by atoms with Crippen molar-refractivity contribution in [3.05, 3.63) is 30.3 Å². The Labute approximate surface area is 140 Å². The second kappa shape index (κ2) is 9.36. The predicted octanol–water partition coefficient (Wildman–Crippen LogP) is 2.56. The smallest absolute Gasteiger partial charge is 0.119 e. The van der Waals surface area contributed by atoms with Gasteiger partial charge in [-0.05, 0) is 30.5 Å². The molecule has 1 unspecified atom stereocenters. The second-order valence-electron chi connectivity index (χ2n) is 6.43. The van der Waals surface area contributed by atoms with Crippen molar-refractivity contribution in [2.45, 2.75) is 26.3 Å². The Bertz CT molecular complexity index is 414. The van der Waals surface area contributed by atoms with Gasteiger partial charge in [0.1, 0.15) is 12.4 Å². The number of para-hydroxylation sites is 1. The highest BCUT2D eigenvalue weighted by atomic mass is 35.5. The number of likely N-dealkylation sites (tertiary alicyclic amines) is 1. The van der Waals surface area contributed by atoms with E-state index in [0.717, 1.165) is 38.4 Å². The van der Waals surface area contributed by atoms with E-state index in [9.17, 15) is 0 Å². The molecule has 0 amide bonds. The van der Waals surface area contributed by atoms with Gasteiger partial charge in [0.25, 0.3) is 0 Å². The number of nitrogens with zero attached hydrogens (tertiary/aromatic N) is 1. The third-order valence-electron chi connectivity index (χ3n) is 4.18. The zero-order valence-corrected chi connectivity index (χ0v) is 14.5. The van der Waals surface area contributed by atoms with Crippen LogP contribution in [-0.4, -0.2) is 50.4 Å². The number of rotatable bonds is 7. The predicted molar refractivity (Wildman–Crippen MR) is 92.8 cm³/mol. The van der Waals surface area contributed by atoms with Crippen LogP contribution in [0.3, 0.4) is 0 Å². The van der Waals surface area contributed by atoms with Crippen LogP contribution in [0, 0.1) is 5.41 Å². The summed E-state index contributed by atoms with van der Waals surface area (Å²) in [6.45, 7) is 9.58. The van der Waals surface area contributed by atoms with Crippen LogP contribution in [0.4, 0.5) is 0 Å². The highest BCUT2D eigenvalue weighted by Crippen LogP contribution is 2.27. The second-order valence-corrected chi connectivity index (χ2v) is 6.43. The van der Waals surface area contributed by atoms with E-state index < -0.39 is 0 Å². The summed E-state index contributed by atoms with van der Waals surface area (Å²) in [7, 11) is 0. The molecule has 2 N–H and O–H groups in total. The summed E-state index contributed by atoms with van der Waals surface area (Å²) in [5.41, 5.74) is 6.35. The van der Waals surface area contributed by atoms with Crippen molar-refractivity contribution in [3.63, 3.8) is 0 Å². The molecule has 5 heteroatoms. The molecule has 2 rings (SSSR count). The first kappa shape index (κ1) is 19.2. The largest absolute Gasteiger partial charge is 0.491 e. The summed E-state index contributed by atoms with van der Waals surface area (Å²) >= 11 is 0. The van der Waals surface area contributed by atoms with Crippen molar-refractivity contribution in [2.24, 2.45) is 11.1 Å². The lowest BCUT2D eigenvalue weighted by Gasteiger charge is -2.42. The minimum Gasteiger partial charge on any atom is -0.491 e. The van der Waals surface area contributed by atoms with E-state index in [1.807, 2.05) is 30.3 Å². The molecule has 1 aliphatic heterocycles. The molecular weight excluding hydrogens is 300 g/mol. The summed E-state index contributed by atoms with van der Waals surface area (Å²) in [5.74, 6) is 0.896. The summed E-state index contributed by atoms with van der Waals surface area (Å²) in [4.78, 5) is 2.45. The van der Waals surface area contributed by atoms with Crippen LogP contribution in [0.25, 0.3) is 0 Å². The normalized spacial score (nSPS) is 21.1. The average Bonchev–Trinajstić information content (AvgIpc) is 2.47. The van der Waals surface area contributed by atoms with Crippen molar-refractivity contribution in [2.75, 3.05) is 39.5 Å². The van der Waals surface area contributed by atoms with Crippen LogP contribution in [0.15, 0.2) is 30.3 Å². The third kappa shape index (κ3) is 6.13. The molecule has 4 nitrogen and oxygen atoms in total. The highest BCUT2D eigenvalue weighted by Gasteiger charge is 2.32. The standard InChI is InChI=1S/C17H28N2O2.ClH/c1-17(2)14-19(9-8-16(17)18)10-11-20-12-13-21-15-6-4-3-5-7-15;/h3-7,16H,8-14,18H2,1-2H3;1H. The lowest BCUT2D eigenvalue weighted by molar-refractivity contribution is 0.0456. The first-order valence-corrected chi connectivity index (χ1v) is 7.81. The number of halogens is 1. The topological polar surface area (TPSA) is 47.7 Å². The van der Waals surface area contributed by atoms with E-state index in [4.69, 9.17) is 15.2 Å². The van der Waals surface area contributed by atoms with E-state index in [0.29, 0.717) is 19.3 Å². The third-order valence-corrected chi connectivity index (χ3v) is 4.18. The van der Waals surface area contributed by atoms with Crippen LogP contribution < -0.4 is 10.5 Å². The van der Waals surface area contributed by atoms with Gasteiger partial charge in [0.2, 0.25) is 0 Å². The summed E-state index contributed by atoms with van der Waals surface area (Å²) in [5, 5.41) is 0. The molecule has 1 aromatic carbocycles. The SMILES string of the molecule is CC1(C)CN(CCOCCOc2ccccc2)CCC1N.Cl. The fraction of sp³-hybridized carbons (Fsp3) is 0.647. The molecule has 0 bridgehead atoms. The molecule has 0 aliphatic carbocycles. The molecule has 0 radical (unpaired) electrons. The molecule has 0 aromatic heterocycles. The van der Waals surface area contributed by atoms with Crippen LogP contribution in [0.2, 0.25) is 0 Å². The summed E-state index contributed by atoms with van der Waals surface area (Å²) in [6.07, 6.45) is 1.07. The number of piperidine rings is 1. The first-order chi connectivity index (χ1) is 10.1. The average molecular weight is 329 g/mol. The fourth-order valence-electron chi connectivity index (χ4n) is 2.71. The molecule has 1 heterocycles. The molecule has 1 aliphatic rings. The molecule has 1 aromatic rings. The Morgan fingerprint density at radius 1 is 1.18 bits per heavy atom. The van der Waals surface area contributed by atoms with E-state index >= 15 is 0 Å². The lowest BCUT2D eigenvalue weighted by atomic mass is 9.80. The van der Waals surface area contributed by atoms with Gasteiger partial charge < -0.3 is 20.1 Å². The Kier molecular flexibility index (Phi) is 8.18. The Morgan fingerprint density at radius 2 is 1.91 bits per heavy atom. The van der Waals surface area contributed by atoms with Gasteiger partial charge in [-0.15, -0.1) is 12.4 Å². The van der Waals surface area contributed by atoms with Gasteiger partial charge >= 0.3 is 0 Å². The Morgan fingerprint density at radius 3 is 2.59 bits per heavy atom. The van der Waals surface area contributed by atoms with Crippen molar-refractivity contribution in [1.29, 1.82) is 0 Å². The maximum Gasteiger partial charge on any atom is 0.119 e. The number of hydrogen-bond acceptors (Lipinski definition) is 4. The molecule has 1 atom stereocenters. The fourth-order valence-corrected chi connectivity index (χ4v) is 2.71. The van der Waals surface area contributed by atoms with Gasteiger partial charge in [-0.1, -0.05) is 32.0 Å². The molecule has 126 valence electrons. The molecule has 22 heavy (non-hydrogen) atoms. The maximum atomic E-state index is 6.15. The zero-order chi connectivity index (χ0) is 15.1. The van der Waals surface area contributed by atoms with Gasteiger partial charge in [0.05, 0.1) is 13.2 Å². The number of benzene rings is 1. The number of ether oxygens (including phenoxy) is 2. The van der Waals surface area contributed by atoms with Crippen LogP contribution in [-0.2, 0) is 4.74 Å². The summed E-state index contributed by atoms with van der Waals surface area (Å²) in [6, 6.07) is 10.2. The van der Waals surface area contributed by atoms with Crippen molar-refractivity contribution < 1.29 is 9.47 Å². The molecule has 0 spiro atoms. The van der Waals surface area contributed by atoms with E-state index in [1.54, 1.807) is 0 Å². The monoisotopic (exact) mass is 328 g/mol. The quantitative estimate of drug-likeness (QED) is 0.781. The van der Waals surface area contributed by atoms with Crippen LogP contribution in [0.1, 0.15) is 20.3 Å². The van der Waals surface area contributed by atoms with Crippen LogP contribution >= 0.6 is 12.4 Å². The lowest BCUT2D eigenvalue weighted by Crippen LogP contribution is -2.52. The molecule has 1 fully saturated rings. The molecule has 1 saturated heterocycles. The molecular formula is C17H29ClN2O2. The van der Waals surface area contributed by atoms with E-state index in [-0.39, 0.29) is 17.8 Å².